The molecule has 0 fully saturated rings. The second-order valence-corrected chi connectivity index (χ2v) is 4.89. The fourth-order valence-electron chi connectivity index (χ4n) is 1.71. The fourth-order valence-corrected chi connectivity index (χ4v) is 2.10. The van der Waals surface area contributed by atoms with Crippen LogP contribution >= 0.6 is 15.9 Å². The average Bonchev–Trinajstić information content (AvgIpc) is 2.31. The number of aromatic nitrogens is 1. The zero-order valence-electron chi connectivity index (χ0n) is 9.67. The van der Waals surface area contributed by atoms with Crippen molar-refractivity contribution in [3.63, 3.8) is 0 Å². The summed E-state index contributed by atoms with van der Waals surface area (Å²) in [5.74, 6) is -0.348. The van der Waals surface area contributed by atoms with Crippen LogP contribution in [0, 0.1) is 0 Å². The fraction of sp³-hybridized carbons (Fsp3) is 0.154. The Balaban J connectivity index is 2.69. The van der Waals surface area contributed by atoms with E-state index in [1.165, 1.54) is 12.3 Å². The minimum Gasteiger partial charge on any atom is -0.503 e. The van der Waals surface area contributed by atoms with Crippen molar-refractivity contribution in [3.05, 3.63) is 56.9 Å². The number of hydrogen-bond acceptors (Lipinski definition) is 3. The highest BCUT2D eigenvalue weighted by molar-refractivity contribution is 9.10. The molecule has 1 atom stereocenters. The van der Waals surface area contributed by atoms with Gasteiger partial charge in [-0.1, -0.05) is 22.0 Å². The Kier molecular flexibility index (Phi) is 3.54. The van der Waals surface area contributed by atoms with Crippen LogP contribution in [0.5, 0.6) is 5.75 Å². The van der Waals surface area contributed by atoms with Gasteiger partial charge in [0.1, 0.15) is 0 Å². The van der Waals surface area contributed by atoms with Crippen molar-refractivity contribution in [1.29, 1.82) is 0 Å². The number of aliphatic hydroxyl groups excluding tert-OH is 1. The molecule has 0 spiro atoms. The normalized spacial score (nSPS) is 12.4. The lowest BCUT2D eigenvalue weighted by Gasteiger charge is -2.16. The van der Waals surface area contributed by atoms with E-state index in [1.807, 2.05) is 24.3 Å². The summed E-state index contributed by atoms with van der Waals surface area (Å²) in [6.07, 6.45) is 0.504. The average molecular weight is 310 g/mol. The summed E-state index contributed by atoms with van der Waals surface area (Å²) in [5.41, 5.74) is 0.670. The van der Waals surface area contributed by atoms with Crippen LogP contribution in [0.1, 0.15) is 18.7 Å². The van der Waals surface area contributed by atoms with Crippen molar-refractivity contribution >= 4 is 15.9 Å². The van der Waals surface area contributed by atoms with Crippen LogP contribution in [0.2, 0.25) is 0 Å². The third-order valence-corrected chi connectivity index (χ3v) is 3.07. The van der Waals surface area contributed by atoms with Crippen molar-refractivity contribution in [2.45, 2.75) is 13.0 Å². The van der Waals surface area contributed by atoms with Gasteiger partial charge >= 0.3 is 0 Å². The van der Waals surface area contributed by atoms with E-state index in [9.17, 15) is 15.0 Å². The first-order valence-electron chi connectivity index (χ1n) is 5.38. The number of rotatable bonds is 2. The SMILES string of the molecule is CC(O)c1cc(=O)c(O)cn1-c1cccc(Br)c1. The van der Waals surface area contributed by atoms with Crippen LogP contribution in [0.3, 0.4) is 0 Å². The van der Waals surface area contributed by atoms with Crippen molar-refractivity contribution in [2.24, 2.45) is 0 Å². The maximum atomic E-state index is 11.4. The number of nitrogens with zero attached hydrogens (tertiary/aromatic N) is 1. The number of halogens is 1. The zero-order chi connectivity index (χ0) is 13.3. The highest BCUT2D eigenvalue weighted by atomic mass is 79.9. The molecule has 0 aliphatic carbocycles. The molecular formula is C13H12BrNO3. The predicted octanol–water partition coefficient (Wildman–Crippen LogP) is 2.36. The monoisotopic (exact) mass is 309 g/mol. The Morgan fingerprint density at radius 1 is 1.33 bits per heavy atom. The van der Waals surface area contributed by atoms with Crippen LogP contribution in [0.15, 0.2) is 45.8 Å². The van der Waals surface area contributed by atoms with E-state index >= 15 is 0 Å². The Morgan fingerprint density at radius 3 is 2.67 bits per heavy atom. The van der Waals surface area contributed by atoms with Gasteiger partial charge in [0.2, 0.25) is 5.43 Å². The molecule has 2 aromatic rings. The van der Waals surface area contributed by atoms with Crippen molar-refractivity contribution in [1.82, 2.24) is 4.57 Å². The first kappa shape index (κ1) is 12.9. The van der Waals surface area contributed by atoms with Gasteiger partial charge in [-0.05, 0) is 25.1 Å². The van der Waals surface area contributed by atoms with E-state index in [1.54, 1.807) is 11.5 Å². The van der Waals surface area contributed by atoms with Gasteiger partial charge in [-0.25, -0.2) is 0 Å². The molecule has 18 heavy (non-hydrogen) atoms. The molecule has 1 aromatic carbocycles. The molecule has 0 saturated heterocycles. The molecule has 2 N–H and O–H groups in total. The summed E-state index contributed by atoms with van der Waals surface area (Å²) < 4.78 is 2.46. The van der Waals surface area contributed by atoms with Gasteiger partial charge in [-0.2, -0.15) is 0 Å². The Hall–Kier alpha value is -1.59. The zero-order valence-corrected chi connectivity index (χ0v) is 11.3. The topological polar surface area (TPSA) is 62.5 Å². The summed E-state index contributed by atoms with van der Waals surface area (Å²) in [7, 11) is 0. The van der Waals surface area contributed by atoms with Gasteiger partial charge in [-0.15, -0.1) is 0 Å². The summed E-state index contributed by atoms with van der Waals surface area (Å²) in [4.78, 5) is 11.4. The molecule has 0 saturated carbocycles. The molecule has 0 bridgehead atoms. The smallest absolute Gasteiger partial charge is 0.223 e. The van der Waals surface area contributed by atoms with E-state index in [0.29, 0.717) is 5.69 Å². The first-order chi connectivity index (χ1) is 8.49. The Morgan fingerprint density at radius 2 is 2.06 bits per heavy atom. The number of aliphatic hydroxyl groups is 1. The molecule has 94 valence electrons. The van der Waals surface area contributed by atoms with Crippen LogP contribution < -0.4 is 5.43 Å². The maximum absolute atomic E-state index is 11.4. The maximum Gasteiger partial charge on any atom is 0.223 e. The van der Waals surface area contributed by atoms with E-state index in [4.69, 9.17) is 0 Å². The van der Waals surface area contributed by atoms with Gasteiger partial charge in [0.15, 0.2) is 5.75 Å². The van der Waals surface area contributed by atoms with E-state index < -0.39 is 11.5 Å². The van der Waals surface area contributed by atoms with Crippen molar-refractivity contribution < 1.29 is 10.2 Å². The summed E-state index contributed by atoms with van der Waals surface area (Å²) >= 11 is 3.35. The summed E-state index contributed by atoms with van der Waals surface area (Å²) in [6, 6.07) is 8.59. The minimum atomic E-state index is -0.808. The van der Waals surface area contributed by atoms with Crippen LogP contribution in [0.25, 0.3) is 5.69 Å². The second kappa shape index (κ2) is 4.96. The third-order valence-electron chi connectivity index (χ3n) is 2.58. The van der Waals surface area contributed by atoms with Gasteiger partial charge < -0.3 is 14.8 Å². The van der Waals surface area contributed by atoms with Crippen molar-refractivity contribution in [3.8, 4) is 11.4 Å². The van der Waals surface area contributed by atoms with Crippen LogP contribution in [-0.4, -0.2) is 14.8 Å². The van der Waals surface area contributed by atoms with E-state index in [2.05, 4.69) is 15.9 Å². The molecule has 4 nitrogen and oxygen atoms in total. The lowest BCUT2D eigenvalue weighted by Crippen LogP contribution is -2.13. The molecule has 2 rings (SSSR count). The van der Waals surface area contributed by atoms with Gasteiger partial charge in [-0.3, -0.25) is 4.79 Å². The summed E-state index contributed by atoms with van der Waals surface area (Å²) in [6.45, 7) is 1.57. The number of pyridine rings is 1. The Bertz CT molecular complexity index is 634. The largest absolute Gasteiger partial charge is 0.503 e. The number of benzene rings is 1. The lowest BCUT2D eigenvalue weighted by molar-refractivity contribution is 0.191. The van der Waals surface area contributed by atoms with E-state index in [0.717, 1.165) is 10.2 Å². The molecule has 1 heterocycles. The molecule has 0 aliphatic heterocycles. The molecule has 1 unspecified atom stereocenters. The van der Waals surface area contributed by atoms with Crippen LogP contribution in [0.4, 0.5) is 0 Å². The third kappa shape index (κ3) is 2.47. The van der Waals surface area contributed by atoms with Gasteiger partial charge in [0.25, 0.3) is 0 Å². The Labute approximate surface area is 112 Å². The first-order valence-corrected chi connectivity index (χ1v) is 6.18. The summed E-state index contributed by atoms with van der Waals surface area (Å²) in [5, 5.41) is 19.2. The number of aromatic hydroxyl groups is 1. The van der Waals surface area contributed by atoms with Gasteiger partial charge in [0, 0.05) is 16.2 Å². The number of hydrogen-bond donors (Lipinski definition) is 2. The molecular weight excluding hydrogens is 298 g/mol. The lowest BCUT2D eigenvalue weighted by atomic mass is 10.2. The molecule has 0 aliphatic rings. The standard InChI is InChI=1S/C13H12BrNO3/c1-8(16)11-6-12(17)13(18)7-15(11)10-4-2-3-9(14)5-10/h2-8,16,18H,1H3. The second-order valence-electron chi connectivity index (χ2n) is 3.97. The van der Waals surface area contributed by atoms with Crippen LogP contribution in [-0.2, 0) is 0 Å². The minimum absolute atomic E-state index is 0.348. The highest BCUT2D eigenvalue weighted by Crippen LogP contribution is 2.21. The molecule has 1 aromatic heterocycles. The highest BCUT2D eigenvalue weighted by Gasteiger charge is 2.11. The predicted molar refractivity (Wildman–Crippen MR) is 72.0 cm³/mol. The van der Waals surface area contributed by atoms with Crippen molar-refractivity contribution in [2.75, 3.05) is 0 Å². The quantitative estimate of drug-likeness (QED) is 0.895. The van der Waals surface area contributed by atoms with Gasteiger partial charge in [0.05, 0.1) is 18.0 Å². The van der Waals surface area contributed by atoms with E-state index in [-0.39, 0.29) is 5.75 Å². The molecule has 0 radical (unpaired) electrons. The molecule has 0 amide bonds. The molecule has 5 heteroatoms.